The summed E-state index contributed by atoms with van der Waals surface area (Å²) in [5.74, 6) is 0. The molecule has 0 heterocycles. The molecule has 0 aliphatic heterocycles. The lowest BCUT2D eigenvalue weighted by molar-refractivity contribution is 1.15. The van der Waals surface area contributed by atoms with Gasteiger partial charge in [0.1, 0.15) is 0 Å². The monoisotopic (exact) mass is 856 g/mol. The van der Waals surface area contributed by atoms with Gasteiger partial charge in [-0.05, 0) is 68.9 Å². The SMILES string of the molecule is C1=C2[12CH2]C3=C=C([12CH2]C4=C=C([12CH2]C5=C=C([12CH2]C=1C1=CC=C(c6ccccc6)C=C=C21)C1=C=CC(c2ccccc2)=CC=C51)C1=CC=C(c2ccccc2)C=C=C41)C1=CC=C(c2ccccc2)C=C=C31. The van der Waals surface area contributed by atoms with E-state index in [1.54, 1.807) is 0 Å². The molecule has 312 valence electrons. The van der Waals surface area contributed by atoms with Crippen molar-refractivity contribution in [3.05, 3.63) is 352 Å². The summed E-state index contributed by atoms with van der Waals surface area (Å²) in [7, 11) is 0. The molecule has 0 heteroatoms. The third kappa shape index (κ3) is 7.06. The molecule has 9 aliphatic rings. The Hall–Kier alpha value is -9.04. The molecule has 0 spiro atoms. The summed E-state index contributed by atoms with van der Waals surface area (Å²) in [5, 5.41) is 0. The topological polar surface area (TPSA) is 0 Å². The average Bonchev–Trinajstić information content (AvgIpc) is 3.78. The molecule has 0 amide bonds. The van der Waals surface area contributed by atoms with Crippen molar-refractivity contribution in [3.8, 4) is 0 Å². The largest absolute Gasteiger partial charge is 0.111 e. The summed E-state index contributed by atoms with van der Waals surface area (Å²) >= 11 is 0. The maximum atomic E-state index is 4.01. The zero-order valence-corrected chi connectivity index (χ0v) is 37.3. The van der Waals surface area contributed by atoms with Crippen LogP contribution in [-0.2, 0) is 0 Å². The molecule has 0 saturated carbocycles. The third-order valence-electron chi connectivity index (χ3n) is 13.8. The highest BCUT2D eigenvalue weighted by molar-refractivity contribution is 5.84. The van der Waals surface area contributed by atoms with Crippen molar-refractivity contribution in [1.29, 1.82) is 0 Å². The van der Waals surface area contributed by atoms with Gasteiger partial charge in [-0.1, -0.05) is 170 Å². The predicted octanol–water partition coefficient (Wildman–Crippen LogP) is 15.8. The van der Waals surface area contributed by atoms with Gasteiger partial charge in [0.05, 0.1) is 0 Å². The van der Waals surface area contributed by atoms with Crippen molar-refractivity contribution < 1.29 is 0 Å². The molecule has 0 fully saturated rings. The minimum Gasteiger partial charge on any atom is -0.111 e. The predicted molar refractivity (Wildman–Crippen MR) is 277 cm³/mol. The maximum absolute atomic E-state index is 4.01. The number of allylic oxidation sites excluding steroid dienone is 24. The molecule has 0 nitrogen and oxygen atoms in total. The molecule has 0 aromatic heterocycles. The second-order valence-corrected chi connectivity index (χ2v) is 18.0. The Morgan fingerprint density at radius 2 is 0.456 bits per heavy atom. The lowest BCUT2D eigenvalue weighted by atomic mass is 9.88. The lowest BCUT2D eigenvalue weighted by Gasteiger charge is -2.12. The van der Waals surface area contributed by atoms with Crippen molar-refractivity contribution in [2.45, 2.75) is 25.7 Å². The van der Waals surface area contributed by atoms with Gasteiger partial charge in [-0.3, -0.25) is 0 Å². The van der Waals surface area contributed by atoms with Gasteiger partial charge >= 0.3 is 0 Å². The third-order valence-corrected chi connectivity index (χ3v) is 13.8. The Balaban J connectivity index is 1.02. The fourth-order valence-electron chi connectivity index (χ4n) is 10.4. The van der Waals surface area contributed by atoms with Gasteiger partial charge in [0, 0.05) is 115 Å². The summed E-state index contributed by atoms with van der Waals surface area (Å²) in [6.45, 7) is 0. The number of rotatable bonds is 4. The Morgan fingerprint density at radius 3 is 0.706 bits per heavy atom. The number of hydrogen-bond donors (Lipinski definition) is 0. The summed E-state index contributed by atoms with van der Waals surface area (Å²) < 4.78 is 0. The van der Waals surface area contributed by atoms with Crippen LogP contribution < -0.4 is 0 Å². The zero-order chi connectivity index (χ0) is 45.0. The maximum Gasteiger partial charge on any atom is 0.0359 e. The fourth-order valence-corrected chi connectivity index (χ4v) is 10.4. The molecule has 68 heavy (non-hydrogen) atoms. The number of benzene rings is 4. The van der Waals surface area contributed by atoms with Crippen molar-refractivity contribution >= 4 is 22.3 Å². The van der Waals surface area contributed by atoms with Gasteiger partial charge in [-0.25, -0.2) is 0 Å². The lowest BCUT2D eigenvalue weighted by Crippen LogP contribution is -1.97. The molecular weight excluding hydrogens is 817 g/mol. The van der Waals surface area contributed by atoms with Crippen LogP contribution in [0.3, 0.4) is 0 Å². The second-order valence-electron chi connectivity index (χ2n) is 18.0. The van der Waals surface area contributed by atoms with Crippen LogP contribution >= 0.6 is 0 Å². The Labute approximate surface area is 397 Å². The zero-order valence-electron chi connectivity index (χ0n) is 37.3. The van der Waals surface area contributed by atoms with Gasteiger partial charge in [-0.15, -0.1) is 45.8 Å². The fraction of sp³-hybridized carbons (Fsp3) is 0.0588. The average molecular weight is 857 g/mol. The van der Waals surface area contributed by atoms with Crippen LogP contribution in [0.1, 0.15) is 47.9 Å². The number of fused-ring (bicyclic) bond motifs is 12. The summed E-state index contributed by atoms with van der Waals surface area (Å²) in [5.41, 5.74) is 58.4. The highest BCUT2D eigenvalue weighted by Crippen LogP contribution is 2.49. The molecule has 0 atom stereocenters. The van der Waals surface area contributed by atoms with Crippen LogP contribution in [0, 0.1) is 0 Å². The highest BCUT2D eigenvalue weighted by Gasteiger charge is 2.33. The van der Waals surface area contributed by atoms with Crippen LogP contribution in [-0.4, -0.2) is 0 Å². The number of hydrogen-bond acceptors (Lipinski definition) is 0. The van der Waals surface area contributed by atoms with Gasteiger partial charge in [0.2, 0.25) is 0 Å². The van der Waals surface area contributed by atoms with Crippen LogP contribution in [0.15, 0.2) is 329 Å². The van der Waals surface area contributed by atoms with Crippen LogP contribution in [0.2, 0.25) is 0 Å². The smallest absolute Gasteiger partial charge is 0.0359 e. The summed E-state index contributed by atoms with van der Waals surface area (Å²) in [4.78, 5) is 0. The molecule has 13 rings (SSSR count). The van der Waals surface area contributed by atoms with E-state index in [0.29, 0.717) is 25.7 Å². The Kier molecular flexibility index (Phi) is 9.51. The van der Waals surface area contributed by atoms with Crippen molar-refractivity contribution in [2.75, 3.05) is 0 Å². The van der Waals surface area contributed by atoms with E-state index in [4.69, 9.17) is 0 Å². The van der Waals surface area contributed by atoms with Crippen LogP contribution in [0.25, 0.3) is 22.3 Å². The first-order chi connectivity index (χ1) is 33.7. The first kappa shape index (κ1) is 39.3. The first-order valence-electron chi connectivity index (χ1n) is 23.4. The minimum atomic E-state index is 0.631. The molecule has 9 aliphatic carbocycles. The molecule has 4 aromatic carbocycles. The van der Waals surface area contributed by atoms with Gasteiger partial charge in [-0.2, -0.15) is 0 Å². The van der Waals surface area contributed by atoms with Gasteiger partial charge < -0.3 is 0 Å². The van der Waals surface area contributed by atoms with Crippen LogP contribution in [0.5, 0.6) is 0 Å². The van der Waals surface area contributed by atoms with Gasteiger partial charge in [0.15, 0.2) is 0 Å². The van der Waals surface area contributed by atoms with E-state index in [1.807, 2.05) is 0 Å². The van der Waals surface area contributed by atoms with E-state index in [1.165, 1.54) is 11.1 Å². The van der Waals surface area contributed by atoms with E-state index >= 15 is 0 Å². The molecular formula is C68H40. The highest BCUT2D eigenvalue weighted by atomic mass is 14.3. The van der Waals surface area contributed by atoms with Crippen molar-refractivity contribution in [3.63, 3.8) is 0 Å². The van der Waals surface area contributed by atoms with E-state index in [0.717, 1.165) is 123 Å². The summed E-state index contributed by atoms with van der Waals surface area (Å²) in [6, 6.07) is 42.4. The van der Waals surface area contributed by atoms with E-state index in [-0.39, 0.29) is 0 Å². The Morgan fingerprint density at radius 1 is 0.235 bits per heavy atom. The molecule has 0 N–H and O–H groups in total. The normalized spacial score (nSPS) is 19.2. The van der Waals surface area contributed by atoms with Crippen molar-refractivity contribution in [2.24, 2.45) is 0 Å². The standard InChI is InChI=1S/C68H40/c1-5-13-45(14-6-1)49-21-29-61-53-37-54(62(61)30-22-49)42-56-39-58(66-34-26-51(24-32-64(56)66)47-17-9-3-10-18-47)44-60-40-59(67-35-27-52(28-36-68(60)67)48-19-11-4-12-20-48)43-57-38-55(41-53)63-31-23-50(25-33-65(57)63)46-15-7-2-8-16-46/h1-29,31-32,35H,41-44H2/i41+0,42+0,43+0,44+0. The molecule has 0 unspecified atom stereocenters. The molecule has 8 bridgehead atoms. The van der Waals surface area contributed by atoms with Crippen molar-refractivity contribution in [1.82, 2.24) is 0 Å². The quantitative estimate of drug-likeness (QED) is 0.179. The molecule has 0 radical (unpaired) electrons. The molecule has 4 aromatic rings. The second kappa shape index (κ2) is 16.4. The minimum absolute atomic E-state index is 0.631. The summed E-state index contributed by atoms with van der Waals surface area (Å²) in [6.07, 6.45) is 29.3. The Bertz CT molecular complexity index is 3610. The van der Waals surface area contributed by atoms with E-state index in [9.17, 15) is 0 Å². The van der Waals surface area contributed by atoms with Crippen LogP contribution in [0.4, 0.5) is 0 Å². The molecule has 0 saturated heterocycles. The van der Waals surface area contributed by atoms with E-state index in [2.05, 4.69) is 240 Å². The first-order valence-corrected chi connectivity index (χ1v) is 23.4. The van der Waals surface area contributed by atoms with E-state index < -0.39 is 0 Å². The van der Waals surface area contributed by atoms with Gasteiger partial charge in [0.25, 0.3) is 0 Å².